The van der Waals surface area contributed by atoms with E-state index in [1.165, 1.54) is 0 Å². The number of hydrogen-bond acceptors (Lipinski definition) is 9. The molecule has 0 amide bonds. The minimum atomic E-state index is -0.876. The lowest BCUT2D eigenvalue weighted by atomic mass is 10.2. The van der Waals surface area contributed by atoms with Crippen LogP contribution in [0.15, 0.2) is 121 Å². The van der Waals surface area contributed by atoms with Crippen LogP contribution in [0.2, 0.25) is 0 Å². The first-order valence-corrected chi connectivity index (χ1v) is 9.91. The van der Waals surface area contributed by atoms with Crippen molar-refractivity contribution in [3.8, 4) is 5.75 Å². The number of para-hydroxylation sites is 2. The summed E-state index contributed by atoms with van der Waals surface area (Å²) in [5.74, 6) is -0.688. The third kappa shape index (κ3) is 5.05. The Morgan fingerprint density at radius 1 is 0.576 bits per heavy atom. The van der Waals surface area contributed by atoms with Gasteiger partial charge in [0, 0.05) is 0 Å². The molecule has 0 heterocycles. The van der Waals surface area contributed by atoms with Crippen LogP contribution >= 0.6 is 0 Å². The van der Waals surface area contributed by atoms with Crippen molar-refractivity contribution in [2.45, 2.75) is 0 Å². The highest BCUT2D eigenvalue weighted by Crippen LogP contribution is 2.19. The fourth-order valence-electron chi connectivity index (χ4n) is 2.82. The van der Waals surface area contributed by atoms with E-state index in [1.807, 2.05) is 12.1 Å². The number of phenols is 1. The van der Waals surface area contributed by atoms with Crippen molar-refractivity contribution in [3.05, 3.63) is 122 Å². The molecule has 9 nitrogen and oxygen atoms in total. The second-order valence-electron chi connectivity index (χ2n) is 6.77. The van der Waals surface area contributed by atoms with Gasteiger partial charge in [-0.05, 0) is 36.4 Å². The summed E-state index contributed by atoms with van der Waals surface area (Å²) in [5.41, 5.74) is 4.80. The van der Waals surface area contributed by atoms with Crippen LogP contribution in [-0.2, 0) is 0 Å². The topological polar surface area (TPSA) is 128 Å². The molecule has 0 aliphatic carbocycles. The summed E-state index contributed by atoms with van der Waals surface area (Å²) in [7, 11) is 0. The van der Waals surface area contributed by atoms with E-state index in [4.69, 9.17) is 0 Å². The fourth-order valence-corrected chi connectivity index (χ4v) is 2.82. The maximum absolute atomic E-state index is 13.0. The van der Waals surface area contributed by atoms with Gasteiger partial charge in [0.2, 0.25) is 10.9 Å². The van der Waals surface area contributed by atoms with E-state index in [0.717, 1.165) is 0 Å². The molecule has 4 rings (SSSR count). The van der Waals surface area contributed by atoms with E-state index < -0.39 is 33.0 Å². The highest BCUT2D eigenvalue weighted by atomic mass is 16.3. The van der Waals surface area contributed by atoms with Gasteiger partial charge in [-0.15, -0.1) is 5.11 Å². The summed E-state index contributed by atoms with van der Waals surface area (Å²) in [5, 5.41) is 25.6. The Morgan fingerprint density at radius 2 is 1.06 bits per heavy atom. The molecule has 0 spiro atoms. The number of nitrogens with one attached hydrogen (secondary N) is 2. The molecule has 0 aliphatic rings. The number of benzene rings is 4. The van der Waals surface area contributed by atoms with Crippen molar-refractivity contribution in [2.75, 3.05) is 10.9 Å². The number of aromatic hydroxyl groups is 1. The Bertz CT molecular complexity index is 1500. The van der Waals surface area contributed by atoms with Gasteiger partial charge in [-0.1, -0.05) is 54.6 Å². The lowest BCUT2D eigenvalue weighted by molar-refractivity contribution is 0.467. The summed E-state index contributed by atoms with van der Waals surface area (Å²) in [6.45, 7) is 0. The highest BCUT2D eigenvalue weighted by Gasteiger charge is 2.16. The smallest absolute Gasteiger partial charge is 0.241 e. The van der Waals surface area contributed by atoms with Crippen LogP contribution in [-0.4, -0.2) is 5.11 Å². The van der Waals surface area contributed by atoms with Gasteiger partial charge in [-0.25, -0.2) is 0 Å². The number of phenolic OH excluding ortho intramolecular Hbond substituents is 1. The molecular weight excluding hydrogens is 420 g/mol. The van der Waals surface area contributed by atoms with Crippen LogP contribution in [0.5, 0.6) is 5.75 Å². The Hall–Kier alpha value is -4.92. The van der Waals surface area contributed by atoms with Gasteiger partial charge in [0.25, 0.3) is 0 Å². The summed E-state index contributed by atoms with van der Waals surface area (Å²) < 4.78 is 0. The van der Waals surface area contributed by atoms with Crippen molar-refractivity contribution in [1.29, 1.82) is 0 Å². The molecule has 0 aliphatic heterocycles. The van der Waals surface area contributed by atoms with E-state index in [2.05, 4.69) is 31.3 Å². The molecule has 4 aromatic rings. The first-order chi connectivity index (χ1) is 16.1. The van der Waals surface area contributed by atoms with E-state index in [9.17, 15) is 14.7 Å². The lowest BCUT2D eigenvalue weighted by Crippen LogP contribution is -2.48. The monoisotopic (exact) mass is 438 g/mol. The van der Waals surface area contributed by atoms with Crippen LogP contribution < -0.4 is 32.4 Å². The summed E-state index contributed by atoms with van der Waals surface area (Å²) >= 11 is 0. The molecule has 33 heavy (non-hydrogen) atoms. The van der Waals surface area contributed by atoms with Crippen LogP contribution in [0.4, 0.5) is 22.7 Å². The van der Waals surface area contributed by atoms with Crippen molar-refractivity contribution in [2.24, 2.45) is 20.4 Å². The zero-order valence-electron chi connectivity index (χ0n) is 17.2. The number of nitrogens with zero attached hydrogens (tertiary/aromatic N) is 4. The van der Waals surface area contributed by atoms with E-state index >= 15 is 0 Å². The van der Waals surface area contributed by atoms with Gasteiger partial charge in [0.15, 0.2) is 22.2 Å². The molecule has 3 N–H and O–H groups in total. The van der Waals surface area contributed by atoms with E-state index in [1.54, 1.807) is 78.9 Å². The predicted octanol–water partition coefficient (Wildman–Crippen LogP) is 3.26. The molecule has 0 saturated heterocycles. The molecule has 0 aromatic heterocycles. The maximum Gasteiger partial charge on any atom is 0.241 e. The number of rotatable bonds is 6. The molecule has 0 atom stereocenters. The van der Waals surface area contributed by atoms with Gasteiger partial charge < -0.3 is 5.11 Å². The average molecular weight is 438 g/mol. The lowest BCUT2D eigenvalue weighted by Gasteiger charge is -2.02. The van der Waals surface area contributed by atoms with Gasteiger partial charge in [0.05, 0.1) is 17.1 Å². The zero-order chi connectivity index (χ0) is 23.0. The third-order valence-electron chi connectivity index (χ3n) is 4.47. The first-order valence-electron chi connectivity index (χ1n) is 9.91. The van der Waals surface area contributed by atoms with Crippen LogP contribution in [0.3, 0.4) is 0 Å². The minimum absolute atomic E-state index is 0.408. The van der Waals surface area contributed by atoms with Crippen LogP contribution in [0.1, 0.15) is 0 Å². The van der Waals surface area contributed by atoms with Crippen molar-refractivity contribution in [1.82, 2.24) is 0 Å². The highest BCUT2D eigenvalue weighted by molar-refractivity contribution is 5.51. The normalized spacial score (nSPS) is 12.2. The molecule has 0 bridgehead atoms. The van der Waals surface area contributed by atoms with E-state index in [0.29, 0.717) is 17.1 Å². The summed E-state index contributed by atoms with van der Waals surface area (Å²) in [4.78, 5) is 25.9. The predicted molar refractivity (Wildman–Crippen MR) is 125 cm³/mol. The molecule has 0 saturated carbocycles. The summed E-state index contributed by atoms with van der Waals surface area (Å²) in [6.07, 6.45) is 0. The second kappa shape index (κ2) is 9.92. The zero-order valence-corrected chi connectivity index (χ0v) is 17.2. The Labute approximate surface area is 187 Å². The fraction of sp³-hybridized carbons (Fsp3) is 0. The molecule has 4 aromatic carbocycles. The van der Waals surface area contributed by atoms with Crippen molar-refractivity contribution >= 4 is 22.7 Å². The van der Waals surface area contributed by atoms with Gasteiger partial charge in [-0.2, -0.15) is 15.3 Å². The largest absolute Gasteiger partial charge is 0.504 e. The SMILES string of the molecule is O=c1c(N=Nc2ccccc2)c(O)c(=NNc2ccccc2)c(=O)c1=NNc1ccccc1. The Morgan fingerprint density at radius 3 is 1.61 bits per heavy atom. The first kappa shape index (κ1) is 21.3. The quantitative estimate of drug-likeness (QED) is 0.314. The molecular formula is C24H18N6O3. The number of anilines is 2. The average Bonchev–Trinajstić information content (AvgIpc) is 2.86. The number of azo groups is 1. The third-order valence-corrected chi connectivity index (χ3v) is 4.47. The molecule has 0 radical (unpaired) electrons. The van der Waals surface area contributed by atoms with Crippen LogP contribution in [0.25, 0.3) is 0 Å². The minimum Gasteiger partial charge on any atom is -0.504 e. The van der Waals surface area contributed by atoms with Crippen molar-refractivity contribution in [3.63, 3.8) is 0 Å². The van der Waals surface area contributed by atoms with Gasteiger partial charge in [0.1, 0.15) is 0 Å². The van der Waals surface area contributed by atoms with E-state index in [-0.39, 0.29) is 0 Å². The Balaban J connectivity index is 1.87. The molecule has 162 valence electrons. The molecule has 9 heteroatoms. The van der Waals surface area contributed by atoms with Crippen molar-refractivity contribution < 1.29 is 5.11 Å². The standard InChI is InChI=1S/C24H18N6O3/c31-22-19(28-25-16-10-4-1-5-11-16)23(32)21(30-27-18-14-8-3-9-15-18)24(33)20(22)29-26-17-12-6-2-7-13-17/h1-15,25-26,32H. The molecule has 0 unspecified atom stereocenters. The van der Waals surface area contributed by atoms with Gasteiger partial charge >= 0.3 is 0 Å². The second-order valence-corrected chi connectivity index (χ2v) is 6.77. The van der Waals surface area contributed by atoms with Crippen LogP contribution in [0, 0.1) is 0 Å². The molecule has 0 fully saturated rings. The van der Waals surface area contributed by atoms with Gasteiger partial charge in [-0.3, -0.25) is 20.4 Å². The Kier molecular flexibility index (Phi) is 6.41. The summed E-state index contributed by atoms with van der Waals surface area (Å²) in [6, 6.07) is 26.3. The maximum atomic E-state index is 13.0. The number of hydrogen-bond donors (Lipinski definition) is 3.